The van der Waals surface area contributed by atoms with Gasteiger partial charge in [0.1, 0.15) is 12.4 Å². The first-order valence-corrected chi connectivity index (χ1v) is 12.9. The Kier molecular flexibility index (Phi) is 8.21. The Balaban J connectivity index is 1.44. The van der Waals surface area contributed by atoms with Crippen LogP contribution in [0.2, 0.25) is 0 Å². The maximum Gasteiger partial charge on any atom is 0.360 e. The van der Waals surface area contributed by atoms with Gasteiger partial charge in [0, 0.05) is 30.7 Å². The van der Waals surface area contributed by atoms with Crippen LogP contribution >= 0.6 is 0 Å². The van der Waals surface area contributed by atoms with Gasteiger partial charge in [0.15, 0.2) is 10.6 Å². The average Bonchev–Trinajstić information content (AvgIpc) is 3.27. The SMILES string of the molecule is O=C(OCc1ccc([N+](=O)[O-])cc1)C1=C([S+]([O-])CCNC(=O)c2ccccc2)CC2C(CCO)C(=O)N12. The third-order valence-electron chi connectivity index (χ3n) is 6.28. The summed E-state index contributed by atoms with van der Waals surface area (Å²) < 4.78 is 18.6. The van der Waals surface area contributed by atoms with Gasteiger partial charge in [0.25, 0.3) is 11.6 Å². The zero-order valence-electron chi connectivity index (χ0n) is 19.7. The van der Waals surface area contributed by atoms with Crippen molar-refractivity contribution in [3.05, 3.63) is 86.4 Å². The Morgan fingerprint density at radius 3 is 2.51 bits per heavy atom. The van der Waals surface area contributed by atoms with E-state index >= 15 is 0 Å². The molecule has 194 valence electrons. The van der Waals surface area contributed by atoms with Crippen molar-refractivity contribution >= 4 is 34.6 Å². The van der Waals surface area contributed by atoms with Crippen LogP contribution in [0.1, 0.15) is 28.8 Å². The molecule has 2 N–H and O–H groups in total. The van der Waals surface area contributed by atoms with Gasteiger partial charge in [0.2, 0.25) is 5.91 Å². The molecular formula is C25H25N3O8S. The lowest BCUT2D eigenvalue weighted by Gasteiger charge is -2.42. The van der Waals surface area contributed by atoms with E-state index in [0.717, 1.165) is 0 Å². The number of aliphatic hydroxyl groups is 1. The quantitative estimate of drug-likeness (QED) is 0.146. The lowest BCUT2D eigenvalue weighted by atomic mass is 9.85. The van der Waals surface area contributed by atoms with Crippen LogP contribution in [-0.4, -0.2) is 62.2 Å². The molecular weight excluding hydrogens is 502 g/mol. The van der Waals surface area contributed by atoms with Crippen molar-refractivity contribution in [2.45, 2.75) is 25.5 Å². The van der Waals surface area contributed by atoms with Crippen molar-refractivity contribution in [2.75, 3.05) is 18.9 Å². The summed E-state index contributed by atoms with van der Waals surface area (Å²) in [4.78, 5) is 49.8. The molecule has 2 aromatic carbocycles. The predicted octanol–water partition coefficient (Wildman–Crippen LogP) is 1.64. The Morgan fingerprint density at radius 2 is 1.86 bits per heavy atom. The first-order chi connectivity index (χ1) is 17.8. The van der Waals surface area contributed by atoms with Crippen LogP contribution in [0.3, 0.4) is 0 Å². The molecule has 3 atom stereocenters. The summed E-state index contributed by atoms with van der Waals surface area (Å²) in [6.07, 6.45) is 0.440. The van der Waals surface area contributed by atoms with E-state index in [0.29, 0.717) is 11.1 Å². The van der Waals surface area contributed by atoms with Crippen LogP contribution in [-0.2, 0) is 32.1 Å². The number of hydrogen-bond acceptors (Lipinski definition) is 8. The van der Waals surface area contributed by atoms with Crippen LogP contribution in [0.4, 0.5) is 5.69 Å². The maximum atomic E-state index is 13.2. The fourth-order valence-corrected chi connectivity index (χ4v) is 5.69. The topological polar surface area (TPSA) is 162 Å². The van der Waals surface area contributed by atoms with Crippen molar-refractivity contribution < 1.29 is 33.7 Å². The second-order valence-electron chi connectivity index (χ2n) is 8.54. The first-order valence-electron chi connectivity index (χ1n) is 11.6. The molecule has 2 aliphatic rings. The first kappa shape index (κ1) is 26.3. The van der Waals surface area contributed by atoms with Gasteiger partial charge >= 0.3 is 5.97 Å². The van der Waals surface area contributed by atoms with Crippen LogP contribution in [0.25, 0.3) is 0 Å². The molecule has 0 saturated carbocycles. The van der Waals surface area contributed by atoms with Crippen LogP contribution in [0.15, 0.2) is 65.2 Å². The number of esters is 1. The van der Waals surface area contributed by atoms with Crippen LogP contribution in [0.5, 0.6) is 0 Å². The lowest BCUT2D eigenvalue weighted by Crippen LogP contribution is -2.58. The minimum Gasteiger partial charge on any atom is -0.612 e. The van der Waals surface area contributed by atoms with Crippen LogP contribution in [0, 0.1) is 16.0 Å². The fourth-order valence-electron chi connectivity index (χ4n) is 4.41. The third kappa shape index (κ3) is 5.66. The molecule has 1 fully saturated rings. The Labute approximate surface area is 215 Å². The molecule has 2 aromatic rings. The van der Waals surface area contributed by atoms with Gasteiger partial charge in [-0.15, -0.1) is 0 Å². The van der Waals surface area contributed by atoms with Gasteiger partial charge in [-0.2, -0.15) is 0 Å². The highest BCUT2D eigenvalue weighted by Crippen LogP contribution is 2.45. The highest BCUT2D eigenvalue weighted by Gasteiger charge is 2.57. The van der Waals surface area contributed by atoms with E-state index in [1.54, 1.807) is 30.3 Å². The zero-order valence-corrected chi connectivity index (χ0v) is 20.5. The van der Waals surface area contributed by atoms with E-state index in [4.69, 9.17) is 4.74 Å². The number of nitrogens with zero attached hydrogens (tertiary/aromatic N) is 2. The molecule has 0 aliphatic carbocycles. The van der Waals surface area contributed by atoms with Crippen molar-refractivity contribution in [3.8, 4) is 0 Å². The number of rotatable bonds is 11. The molecule has 37 heavy (non-hydrogen) atoms. The summed E-state index contributed by atoms with van der Waals surface area (Å²) in [6.45, 7) is -0.293. The summed E-state index contributed by atoms with van der Waals surface area (Å²) in [5.41, 5.74) is 0.798. The lowest BCUT2D eigenvalue weighted by molar-refractivity contribution is -0.384. The van der Waals surface area contributed by atoms with Crippen molar-refractivity contribution in [3.63, 3.8) is 0 Å². The van der Waals surface area contributed by atoms with Gasteiger partial charge < -0.3 is 19.7 Å². The minimum absolute atomic E-state index is 0.0342. The Morgan fingerprint density at radius 1 is 1.16 bits per heavy atom. The molecule has 2 heterocycles. The van der Waals surface area contributed by atoms with E-state index < -0.39 is 28.0 Å². The monoisotopic (exact) mass is 527 g/mol. The largest absolute Gasteiger partial charge is 0.612 e. The molecule has 12 heteroatoms. The number of nitro benzene ring substituents is 1. The number of non-ortho nitro benzene ring substituents is 1. The summed E-state index contributed by atoms with van der Waals surface area (Å²) in [6, 6.07) is 13.7. The smallest absolute Gasteiger partial charge is 0.360 e. The average molecular weight is 528 g/mol. The van der Waals surface area contributed by atoms with Crippen molar-refractivity contribution in [1.29, 1.82) is 0 Å². The molecule has 3 unspecified atom stereocenters. The second kappa shape index (κ2) is 11.5. The normalized spacial score (nSPS) is 19.2. The summed E-state index contributed by atoms with van der Waals surface area (Å²) in [7, 11) is 0. The van der Waals surface area contributed by atoms with Crippen molar-refractivity contribution in [1.82, 2.24) is 10.2 Å². The highest BCUT2D eigenvalue weighted by molar-refractivity contribution is 7.95. The maximum absolute atomic E-state index is 13.2. The molecule has 2 amide bonds. The number of benzene rings is 2. The van der Waals surface area contributed by atoms with E-state index in [1.165, 1.54) is 29.2 Å². The predicted molar refractivity (Wildman–Crippen MR) is 132 cm³/mol. The van der Waals surface area contributed by atoms with Gasteiger partial charge in [0.05, 0.1) is 23.4 Å². The molecule has 1 saturated heterocycles. The van der Waals surface area contributed by atoms with Gasteiger partial charge in [-0.1, -0.05) is 18.2 Å². The number of β-lactam (4-membered cyclic amide) rings is 1. The number of carbonyl (C=O) groups excluding carboxylic acids is 3. The molecule has 11 nitrogen and oxygen atoms in total. The number of ether oxygens (including phenoxy) is 1. The number of aliphatic hydroxyl groups excluding tert-OH is 1. The van der Waals surface area contributed by atoms with Crippen molar-refractivity contribution in [2.24, 2.45) is 5.92 Å². The van der Waals surface area contributed by atoms with Gasteiger partial charge in [-0.05, 0) is 47.4 Å². The summed E-state index contributed by atoms with van der Waals surface area (Å²) in [5, 5.41) is 22.8. The number of fused-ring (bicyclic) bond motifs is 1. The van der Waals surface area contributed by atoms with E-state index in [2.05, 4.69) is 5.32 Å². The Bertz CT molecular complexity index is 1220. The highest BCUT2D eigenvalue weighted by atomic mass is 32.2. The van der Waals surface area contributed by atoms with Crippen LogP contribution < -0.4 is 5.32 Å². The number of amides is 2. The van der Waals surface area contributed by atoms with E-state index in [9.17, 15) is 34.2 Å². The summed E-state index contributed by atoms with van der Waals surface area (Å²) in [5.74, 6) is -1.93. The standard InChI is InChI=1S/C25H25N3O8S/c29-12-10-19-20-14-21(37(35)13-11-26-23(30)17-4-2-1-3-5-17)22(27(20)24(19)31)25(32)36-15-16-6-8-18(9-7-16)28(33)34/h1-9,19-20,29H,10-15H2,(H,26,30). The number of nitrogens with one attached hydrogen (secondary N) is 1. The minimum atomic E-state index is -1.68. The molecule has 0 spiro atoms. The fraction of sp³-hybridized carbons (Fsp3) is 0.320. The number of nitro groups is 1. The number of carbonyl (C=O) groups is 3. The van der Waals surface area contributed by atoms with Gasteiger partial charge in [-0.25, -0.2) is 4.79 Å². The Hall–Kier alpha value is -3.74. The van der Waals surface area contributed by atoms with E-state index in [1.807, 2.05) is 0 Å². The zero-order chi connectivity index (χ0) is 26.5. The molecule has 0 aromatic heterocycles. The summed E-state index contributed by atoms with van der Waals surface area (Å²) >= 11 is -1.68. The van der Waals surface area contributed by atoms with E-state index in [-0.39, 0.29) is 72.5 Å². The molecule has 0 bridgehead atoms. The number of hydrogen-bond donors (Lipinski definition) is 2. The second-order valence-corrected chi connectivity index (χ2v) is 10.1. The molecule has 4 rings (SSSR count). The molecule has 2 aliphatic heterocycles. The van der Waals surface area contributed by atoms with Gasteiger partial charge in [-0.3, -0.25) is 24.6 Å². The third-order valence-corrected chi connectivity index (χ3v) is 7.77. The molecule has 0 radical (unpaired) electrons.